The quantitative estimate of drug-likeness (QED) is 0.269. The first-order valence-corrected chi connectivity index (χ1v) is 10.2. The van der Waals surface area contributed by atoms with Crippen molar-refractivity contribution in [1.29, 1.82) is 0 Å². The summed E-state index contributed by atoms with van der Waals surface area (Å²) >= 11 is 0. The molecule has 0 aliphatic carbocycles. The van der Waals surface area contributed by atoms with Crippen LogP contribution in [0.4, 0.5) is 13.2 Å². The molecule has 3 aromatic rings. The molecule has 3 aromatic carbocycles. The molecule has 0 heterocycles. The van der Waals surface area contributed by atoms with Crippen molar-refractivity contribution in [3.63, 3.8) is 0 Å². The first-order valence-electron chi connectivity index (χ1n) is 10.2. The first kappa shape index (κ1) is 23.9. The topological polar surface area (TPSA) is 44.8 Å². The van der Waals surface area contributed by atoms with Gasteiger partial charge in [-0.05, 0) is 72.7 Å². The molecular weight excluding hydrogens is 433 g/mol. The van der Waals surface area contributed by atoms with Crippen LogP contribution in [0.1, 0.15) is 34.0 Å². The molecule has 0 aliphatic heterocycles. The number of ether oxygens (including phenoxy) is 3. The van der Waals surface area contributed by atoms with Crippen molar-refractivity contribution in [2.24, 2.45) is 0 Å². The van der Waals surface area contributed by atoms with Gasteiger partial charge in [0.2, 0.25) is 0 Å². The van der Waals surface area contributed by atoms with E-state index in [-0.39, 0.29) is 12.4 Å². The summed E-state index contributed by atoms with van der Waals surface area (Å²) in [7, 11) is 1.46. The largest absolute Gasteiger partial charge is 0.494 e. The van der Waals surface area contributed by atoms with Gasteiger partial charge in [0.15, 0.2) is 17.3 Å². The van der Waals surface area contributed by atoms with Gasteiger partial charge in [0, 0.05) is 5.56 Å². The van der Waals surface area contributed by atoms with Gasteiger partial charge in [-0.1, -0.05) is 24.3 Å². The summed E-state index contributed by atoms with van der Waals surface area (Å²) in [4.78, 5) is 12.4. The SMILES string of the molecule is CCOc1ccc(C(=O)C=Cc2ccc(OCc3cccc(C(F)(F)F)c3)c(OC)c2)cc1. The van der Waals surface area contributed by atoms with Crippen molar-refractivity contribution in [2.45, 2.75) is 19.7 Å². The molecule has 0 aromatic heterocycles. The molecule has 0 fully saturated rings. The number of methoxy groups -OCH3 is 1. The minimum atomic E-state index is -4.41. The standard InChI is InChI=1S/C26H23F3O4/c1-3-32-22-11-9-20(10-12-22)23(30)13-7-18-8-14-24(25(16-18)31-2)33-17-19-5-4-6-21(15-19)26(27,28)29/h4-16H,3,17H2,1-2H3. The summed E-state index contributed by atoms with van der Waals surface area (Å²) in [5, 5.41) is 0. The Morgan fingerprint density at radius 3 is 2.36 bits per heavy atom. The van der Waals surface area contributed by atoms with Crippen molar-refractivity contribution < 1.29 is 32.2 Å². The van der Waals surface area contributed by atoms with Gasteiger partial charge in [-0.3, -0.25) is 4.79 Å². The van der Waals surface area contributed by atoms with E-state index in [1.54, 1.807) is 54.6 Å². The maximum Gasteiger partial charge on any atom is 0.416 e. The first-order chi connectivity index (χ1) is 15.8. The van der Waals surface area contributed by atoms with Crippen molar-refractivity contribution in [1.82, 2.24) is 0 Å². The lowest BCUT2D eigenvalue weighted by molar-refractivity contribution is -0.137. The lowest BCUT2D eigenvalue weighted by Crippen LogP contribution is -2.06. The third kappa shape index (κ3) is 6.62. The van der Waals surface area contributed by atoms with Gasteiger partial charge < -0.3 is 14.2 Å². The Morgan fingerprint density at radius 2 is 1.70 bits per heavy atom. The summed E-state index contributed by atoms with van der Waals surface area (Å²) in [5.41, 5.74) is 0.894. The summed E-state index contributed by atoms with van der Waals surface area (Å²) < 4.78 is 55.0. The zero-order chi connectivity index (χ0) is 23.8. The predicted molar refractivity (Wildman–Crippen MR) is 120 cm³/mol. The number of hydrogen-bond donors (Lipinski definition) is 0. The van der Waals surface area contributed by atoms with Crippen LogP contribution >= 0.6 is 0 Å². The molecule has 172 valence electrons. The van der Waals surface area contributed by atoms with Crippen LogP contribution in [-0.2, 0) is 12.8 Å². The van der Waals surface area contributed by atoms with Gasteiger partial charge in [-0.2, -0.15) is 13.2 Å². The zero-order valence-corrected chi connectivity index (χ0v) is 18.2. The van der Waals surface area contributed by atoms with Crippen LogP contribution < -0.4 is 14.2 Å². The third-order valence-corrected chi connectivity index (χ3v) is 4.71. The van der Waals surface area contributed by atoms with Crippen LogP contribution in [0.15, 0.2) is 72.8 Å². The van der Waals surface area contributed by atoms with Crippen LogP contribution in [0.25, 0.3) is 6.08 Å². The number of carbonyl (C=O) groups excluding carboxylic acids is 1. The highest BCUT2D eigenvalue weighted by molar-refractivity contribution is 6.06. The highest BCUT2D eigenvalue weighted by Crippen LogP contribution is 2.31. The fraction of sp³-hybridized carbons (Fsp3) is 0.192. The second kappa shape index (κ2) is 10.7. The molecule has 0 saturated heterocycles. The van der Waals surface area contributed by atoms with E-state index in [1.165, 1.54) is 19.3 Å². The molecule has 4 nitrogen and oxygen atoms in total. The maximum absolute atomic E-state index is 12.9. The molecule has 33 heavy (non-hydrogen) atoms. The summed E-state index contributed by atoms with van der Waals surface area (Å²) in [6, 6.07) is 16.9. The van der Waals surface area contributed by atoms with Crippen LogP contribution in [0.5, 0.6) is 17.2 Å². The Morgan fingerprint density at radius 1 is 0.939 bits per heavy atom. The van der Waals surface area contributed by atoms with E-state index in [2.05, 4.69) is 0 Å². The van der Waals surface area contributed by atoms with Crippen molar-refractivity contribution in [3.05, 3.63) is 95.1 Å². The molecular formula is C26H23F3O4. The highest BCUT2D eigenvalue weighted by Gasteiger charge is 2.30. The Hall–Kier alpha value is -3.74. The third-order valence-electron chi connectivity index (χ3n) is 4.71. The molecule has 0 N–H and O–H groups in total. The van der Waals surface area contributed by atoms with E-state index >= 15 is 0 Å². The average molecular weight is 456 g/mol. The second-order valence-corrected chi connectivity index (χ2v) is 7.05. The lowest BCUT2D eigenvalue weighted by atomic mass is 10.1. The molecule has 0 saturated carbocycles. The highest BCUT2D eigenvalue weighted by atomic mass is 19.4. The number of halogens is 3. The number of allylic oxidation sites excluding steroid dienone is 1. The maximum atomic E-state index is 12.9. The van der Waals surface area contributed by atoms with Crippen LogP contribution in [0, 0.1) is 0 Å². The van der Waals surface area contributed by atoms with E-state index in [9.17, 15) is 18.0 Å². The zero-order valence-electron chi connectivity index (χ0n) is 18.2. The molecule has 0 radical (unpaired) electrons. The number of rotatable bonds is 9. The van der Waals surface area contributed by atoms with Crippen LogP contribution in [0.2, 0.25) is 0 Å². The second-order valence-electron chi connectivity index (χ2n) is 7.05. The summed E-state index contributed by atoms with van der Waals surface area (Å²) in [6.45, 7) is 2.39. The Labute approximate surface area is 190 Å². The number of carbonyl (C=O) groups is 1. The summed E-state index contributed by atoms with van der Waals surface area (Å²) in [6.07, 6.45) is -1.31. The number of benzene rings is 3. The molecule has 7 heteroatoms. The van der Waals surface area contributed by atoms with E-state index < -0.39 is 11.7 Å². The van der Waals surface area contributed by atoms with Gasteiger partial charge >= 0.3 is 6.18 Å². The molecule has 0 bridgehead atoms. The van der Waals surface area contributed by atoms with Crippen LogP contribution in [-0.4, -0.2) is 19.5 Å². The monoisotopic (exact) mass is 456 g/mol. The van der Waals surface area contributed by atoms with E-state index in [1.807, 2.05) is 6.92 Å². The molecule has 0 amide bonds. The molecule has 0 spiro atoms. The van der Waals surface area contributed by atoms with Crippen molar-refractivity contribution >= 4 is 11.9 Å². The van der Waals surface area contributed by atoms with Crippen molar-refractivity contribution in [3.8, 4) is 17.2 Å². The average Bonchev–Trinajstić information content (AvgIpc) is 2.81. The molecule has 0 unspecified atom stereocenters. The normalized spacial score (nSPS) is 11.4. The van der Waals surface area contributed by atoms with Gasteiger partial charge in [-0.15, -0.1) is 0 Å². The van der Waals surface area contributed by atoms with Gasteiger partial charge in [0.25, 0.3) is 0 Å². The smallest absolute Gasteiger partial charge is 0.416 e. The number of ketones is 1. The van der Waals surface area contributed by atoms with Gasteiger partial charge in [0.05, 0.1) is 19.3 Å². The molecule has 0 aliphatic rings. The Bertz CT molecular complexity index is 1120. The fourth-order valence-corrected chi connectivity index (χ4v) is 3.06. The minimum Gasteiger partial charge on any atom is -0.494 e. The van der Waals surface area contributed by atoms with Gasteiger partial charge in [0.1, 0.15) is 12.4 Å². The fourth-order valence-electron chi connectivity index (χ4n) is 3.06. The number of alkyl halides is 3. The number of hydrogen-bond acceptors (Lipinski definition) is 4. The molecule has 0 atom stereocenters. The summed E-state index contributed by atoms with van der Waals surface area (Å²) in [5.74, 6) is 1.31. The van der Waals surface area contributed by atoms with E-state index in [4.69, 9.17) is 14.2 Å². The van der Waals surface area contributed by atoms with Crippen LogP contribution in [0.3, 0.4) is 0 Å². The van der Waals surface area contributed by atoms with E-state index in [0.717, 1.165) is 12.1 Å². The molecule has 3 rings (SSSR count). The van der Waals surface area contributed by atoms with Gasteiger partial charge in [-0.25, -0.2) is 0 Å². The van der Waals surface area contributed by atoms with Crippen molar-refractivity contribution in [2.75, 3.05) is 13.7 Å². The lowest BCUT2D eigenvalue weighted by Gasteiger charge is -2.13. The minimum absolute atomic E-state index is 0.0499. The predicted octanol–water partition coefficient (Wildman–Crippen LogP) is 6.59. The Kier molecular flexibility index (Phi) is 7.77. The van der Waals surface area contributed by atoms with E-state index in [0.29, 0.717) is 40.5 Å². The Balaban J connectivity index is 1.67.